The third kappa shape index (κ3) is 7.28. The lowest BCUT2D eigenvalue weighted by Crippen LogP contribution is -2.41. The summed E-state index contributed by atoms with van der Waals surface area (Å²) in [6.07, 6.45) is -2.66. The largest absolute Gasteiger partial charge is 0.490 e. The first-order chi connectivity index (χ1) is 19.5. The predicted octanol–water partition coefficient (Wildman–Crippen LogP) is 4.24. The number of aromatic nitrogens is 2. The Morgan fingerprint density at radius 2 is 1.49 bits per heavy atom. The topological polar surface area (TPSA) is 133 Å². The van der Waals surface area contributed by atoms with Crippen molar-refractivity contribution < 1.29 is 32.7 Å². The molecule has 41 heavy (non-hydrogen) atoms. The van der Waals surface area contributed by atoms with Crippen molar-refractivity contribution in [1.82, 2.24) is 20.0 Å². The fraction of sp³-hybridized carbons (Fsp3) is 0.241. The molecule has 1 aliphatic rings. The summed E-state index contributed by atoms with van der Waals surface area (Å²) in [6.45, 7) is 2.13. The Kier molecular flexibility index (Phi) is 9.03. The number of carboxylic acids is 1. The molecule has 9 nitrogen and oxygen atoms in total. The number of amides is 2. The molecule has 0 bridgehead atoms. The van der Waals surface area contributed by atoms with Crippen LogP contribution in [-0.2, 0) is 9.59 Å². The molecular formula is C29H28F3N5O4. The van der Waals surface area contributed by atoms with E-state index >= 15 is 0 Å². The molecule has 2 heterocycles. The van der Waals surface area contributed by atoms with Crippen LogP contribution in [0.2, 0.25) is 0 Å². The van der Waals surface area contributed by atoms with Gasteiger partial charge in [0.15, 0.2) is 0 Å². The number of rotatable bonds is 4. The third-order valence-corrected chi connectivity index (χ3v) is 6.67. The monoisotopic (exact) mass is 567 g/mol. The number of aromatic amines is 1. The highest BCUT2D eigenvalue weighted by molar-refractivity contribution is 5.98. The fourth-order valence-corrected chi connectivity index (χ4v) is 4.45. The molecule has 2 amide bonds. The van der Waals surface area contributed by atoms with Gasteiger partial charge in [-0.2, -0.15) is 18.3 Å². The van der Waals surface area contributed by atoms with Gasteiger partial charge in [0.25, 0.3) is 5.91 Å². The van der Waals surface area contributed by atoms with Crippen LogP contribution in [-0.4, -0.2) is 75.2 Å². The van der Waals surface area contributed by atoms with Crippen LogP contribution in [0.15, 0.2) is 79.0 Å². The molecule has 0 saturated carbocycles. The van der Waals surface area contributed by atoms with Gasteiger partial charge in [-0.15, -0.1) is 0 Å². The van der Waals surface area contributed by atoms with E-state index in [9.17, 15) is 22.8 Å². The number of carboxylic acid groups (broad SMARTS) is 1. The Morgan fingerprint density at radius 3 is 2.15 bits per heavy atom. The average Bonchev–Trinajstić information content (AvgIpc) is 3.31. The molecule has 1 atom stereocenters. The first kappa shape index (κ1) is 29.3. The van der Waals surface area contributed by atoms with E-state index in [4.69, 9.17) is 15.6 Å². The molecule has 12 heteroatoms. The van der Waals surface area contributed by atoms with E-state index in [1.165, 1.54) is 0 Å². The molecular weight excluding hydrogens is 539 g/mol. The number of H-pyrrole nitrogens is 1. The Balaban J connectivity index is 0.000000493. The van der Waals surface area contributed by atoms with Crippen LogP contribution in [0.4, 0.5) is 13.2 Å². The van der Waals surface area contributed by atoms with Crippen molar-refractivity contribution in [2.45, 2.75) is 18.6 Å². The van der Waals surface area contributed by atoms with Gasteiger partial charge in [0, 0.05) is 37.1 Å². The molecule has 5 rings (SSSR count). The van der Waals surface area contributed by atoms with Gasteiger partial charge < -0.3 is 20.6 Å². The summed E-state index contributed by atoms with van der Waals surface area (Å²) >= 11 is 0. The fourth-order valence-electron chi connectivity index (χ4n) is 4.45. The van der Waals surface area contributed by atoms with Gasteiger partial charge in [-0.1, -0.05) is 54.6 Å². The number of benzene rings is 3. The summed E-state index contributed by atoms with van der Waals surface area (Å²) in [5.74, 6) is -2.90. The zero-order chi connectivity index (χ0) is 29.6. The van der Waals surface area contributed by atoms with Gasteiger partial charge >= 0.3 is 12.1 Å². The normalized spacial score (nSPS) is 14.5. The van der Waals surface area contributed by atoms with Gasteiger partial charge in [-0.05, 0) is 41.3 Å². The number of nitrogens with two attached hydrogens (primary N) is 1. The molecule has 214 valence electrons. The molecule has 3 aromatic carbocycles. The number of nitrogens with zero attached hydrogens (tertiary/aromatic N) is 3. The Labute approximate surface area is 233 Å². The SMILES string of the molecule is NC(C(=O)N1CCCN(C(=O)c2ccc3[nH]ncc3c2)CC1)c1ccc(-c2ccccc2)cc1.O=C(O)C(F)(F)F. The van der Waals surface area contributed by atoms with Crippen LogP contribution in [0, 0.1) is 0 Å². The van der Waals surface area contributed by atoms with Crippen molar-refractivity contribution in [3.05, 3.63) is 90.1 Å². The minimum atomic E-state index is -5.08. The van der Waals surface area contributed by atoms with E-state index in [0.29, 0.717) is 38.2 Å². The minimum absolute atomic E-state index is 0.0294. The second-order valence-corrected chi connectivity index (χ2v) is 9.41. The smallest absolute Gasteiger partial charge is 0.475 e. The molecule has 4 N–H and O–H groups in total. The van der Waals surface area contributed by atoms with Crippen LogP contribution in [0.25, 0.3) is 22.0 Å². The van der Waals surface area contributed by atoms with E-state index in [-0.39, 0.29) is 11.8 Å². The van der Waals surface area contributed by atoms with Crippen molar-refractivity contribution >= 4 is 28.7 Å². The summed E-state index contributed by atoms with van der Waals surface area (Å²) in [5, 5.41) is 14.9. The zero-order valence-electron chi connectivity index (χ0n) is 21.8. The zero-order valence-corrected chi connectivity index (χ0v) is 21.8. The Bertz CT molecular complexity index is 1510. The van der Waals surface area contributed by atoms with Gasteiger partial charge in [0.2, 0.25) is 5.91 Å². The number of hydrogen-bond donors (Lipinski definition) is 3. The highest BCUT2D eigenvalue weighted by Crippen LogP contribution is 2.23. The highest BCUT2D eigenvalue weighted by atomic mass is 19.4. The molecule has 0 radical (unpaired) electrons. The third-order valence-electron chi connectivity index (χ3n) is 6.67. The number of halogens is 3. The molecule has 1 saturated heterocycles. The molecule has 1 aromatic heterocycles. The number of alkyl halides is 3. The van der Waals surface area contributed by atoms with Gasteiger partial charge in [-0.3, -0.25) is 14.7 Å². The van der Waals surface area contributed by atoms with Gasteiger partial charge in [0.05, 0.1) is 11.7 Å². The number of aliphatic carboxylic acids is 1. The summed E-state index contributed by atoms with van der Waals surface area (Å²) in [4.78, 5) is 38.7. The van der Waals surface area contributed by atoms with Crippen LogP contribution in [0.3, 0.4) is 0 Å². The second-order valence-electron chi connectivity index (χ2n) is 9.41. The lowest BCUT2D eigenvalue weighted by Gasteiger charge is -2.25. The van der Waals surface area contributed by atoms with E-state index in [0.717, 1.165) is 27.6 Å². The summed E-state index contributed by atoms with van der Waals surface area (Å²) in [7, 11) is 0. The maximum Gasteiger partial charge on any atom is 0.490 e. The van der Waals surface area contributed by atoms with Crippen LogP contribution in [0.5, 0.6) is 0 Å². The van der Waals surface area contributed by atoms with Crippen LogP contribution >= 0.6 is 0 Å². The van der Waals surface area contributed by atoms with E-state index < -0.39 is 18.2 Å². The van der Waals surface area contributed by atoms with Gasteiger partial charge in [0.1, 0.15) is 6.04 Å². The quantitative estimate of drug-likeness (QED) is 0.338. The Hall–Kier alpha value is -4.71. The second kappa shape index (κ2) is 12.6. The minimum Gasteiger partial charge on any atom is -0.475 e. The summed E-state index contributed by atoms with van der Waals surface area (Å²) in [5.41, 5.74) is 10.9. The number of nitrogens with one attached hydrogen (secondary N) is 1. The maximum absolute atomic E-state index is 13.2. The van der Waals surface area contributed by atoms with Crippen LogP contribution in [0.1, 0.15) is 28.4 Å². The van der Waals surface area contributed by atoms with Crippen molar-refractivity contribution in [3.8, 4) is 11.1 Å². The van der Waals surface area contributed by atoms with Crippen LogP contribution < -0.4 is 5.73 Å². The number of carbonyl (C=O) groups is 3. The first-order valence-corrected chi connectivity index (χ1v) is 12.8. The highest BCUT2D eigenvalue weighted by Gasteiger charge is 2.38. The van der Waals surface area contributed by atoms with Crippen molar-refractivity contribution in [2.75, 3.05) is 26.2 Å². The van der Waals surface area contributed by atoms with Crippen molar-refractivity contribution in [2.24, 2.45) is 5.73 Å². The number of carbonyl (C=O) groups excluding carboxylic acids is 2. The molecule has 4 aromatic rings. The molecule has 0 aliphatic carbocycles. The first-order valence-electron chi connectivity index (χ1n) is 12.8. The van der Waals surface area contributed by atoms with E-state index in [1.807, 2.05) is 65.6 Å². The number of fused-ring (bicyclic) bond motifs is 1. The molecule has 1 fully saturated rings. The lowest BCUT2D eigenvalue weighted by molar-refractivity contribution is -0.192. The molecule has 1 unspecified atom stereocenters. The lowest BCUT2D eigenvalue weighted by atomic mass is 10.0. The van der Waals surface area contributed by atoms with Crippen molar-refractivity contribution in [1.29, 1.82) is 0 Å². The van der Waals surface area contributed by atoms with Crippen molar-refractivity contribution in [3.63, 3.8) is 0 Å². The predicted molar refractivity (Wildman–Crippen MR) is 146 cm³/mol. The van der Waals surface area contributed by atoms with E-state index in [1.54, 1.807) is 11.1 Å². The standard InChI is InChI=1S/C27H27N5O2.C2HF3O2/c28-25(21-9-7-20(8-10-21)19-5-2-1-3-6-19)27(34)32-14-4-13-31(15-16-32)26(33)22-11-12-24-23(17-22)18-29-30-24;3-2(4,5)1(6)7/h1-3,5-12,17-18,25H,4,13-16,28H2,(H,29,30);(H,6,7). The maximum atomic E-state index is 13.2. The molecule has 0 spiro atoms. The summed E-state index contributed by atoms with van der Waals surface area (Å²) < 4.78 is 31.7. The molecule has 1 aliphatic heterocycles. The average molecular weight is 568 g/mol. The summed E-state index contributed by atoms with van der Waals surface area (Å²) in [6, 6.07) is 22.7. The van der Waals surface area contributed by atoms with E-state index in [2.05, 4.69) is 22.3 Å². The number of hydrogen-bond acceptors (Lipinski definition) is 5. The Morgan fingerprint density at radius 1 is 0.878 bits per heavy atom. The van der Waals surface area contributed by atoms with Gasteiger partial charge in [-0.25, -0.2) is 4.79 Å².